The molecule has 0 aliphatic carbocycles. The molecule has 108 valence electrons. The molecule has 0 aromatic heterocycles. The largest absolute Gasteiger partial charge is 0.444 e. The van der Waals surface area contributed by atoms with Crippen LogP contribution in [0.15, 0.2) is 22.7 Å². The number of nitrogens with one attached hydrogen (secondary N) is 1. The summed E-state index contributed by atoms with van der Waals surface area (Å²) in [7, 11) is 0. The molecule has 0 aliphatic rings. The fourth-order valence-corrected chi connectivity index (χ4v) is 1.62. The molecule has 0 heterocycles. The predicted octanol–water partition coefficient (Wildman–Crippen LogP) is 3.85. The number of benzene rings is 1. The van der Waals surface area contributed by atoms with Gasteiger partial charge < -0.3 is 10.1 Å². The number of carbonyl (C=O) groups is 1. The van der Waals surface area contributed by atoms with Crippen molar-refractivity contribution in [3.05, 3.63) is 34.1 Å². The van der Waals surface area contributed by atoms with Crippen LogP contribution < -0.4 is 5.32 Å². The first kappa shape index (κ1) is 16.5. The Bertz CT molecular complexity index is 541. The maximum atomic E-state index is 13.5. The number of amides is 1. The van der Waals surface area contributed by atoms with Gasteiger partial charge in [-0.3, -0.25) is 0 Å². The summed E-state index contributed by atoms with van der Waals surface area (Å²) in [5.74, 6) is 5.16. The van der Waals surface area contributed by atoms with E-state index in [2.05, 4.69) is 33.1 Å². The van der Waals surface area contributed by atoms with Crippen molar-refractivity contribution in [2.45, 2.75) is 32.8 Å². The summed E-state index contributed by atoms with van der Waals surface area (Å²) >= 11 is 3.18. The van der Waals surface area contributed by atoms with Crippen molar-refractivity contribution in [3.8, 4) is 11.8 Å². The zero-order valence-electron chi connectivity index (χ0n) is 11.7. The van der Waals surface area contributed by atoms with E-state index in [1.165, 1.54) is 6.07 Å². The monoisotopic (exact) mass is 341 g/mol. The van der Waals surface area contributed by atoms with Crippen LogP contribution in [0.25, 0.3) is 0 Å². The van der Waals surface area contributed by atoms with Gasteiger partial charge in [0.05, 0.1) is 5.56 Å². The lowest BCUT2D eigenvalue weighted by Gasteiger charge is -2.19. The SMILES string of the molecule is CC(C)(C)OC(=O)NCCC#Cc1ccc(Br)cc1F. The minimum absolute atomic E-state index is 0.338. The molecule has 0 saturated carbocycles. The average molecular weight is 342 g/mol. The Morgan fingerprint density at radius 1 is 1.45 bits per heavy atom. The summed E-state index contributed by atoms with van der Waals surface area (Å²) in [6.07, 6.45) is -0.0523. The first-order valence-corrected chi connectivity index (χ1v) is 6.98. The Hall–Kier alpha value is -1.54. The van der Waals surface area contributed by atoms with Crippen molar-refractivity contribution in [2.24, 2.45) is 0 Å². The Morgan fingerprint density at radius 3 is 2.75 bits per heavy atom. The zero-order chi connectivity index (χ0) is 15.2. The Morgan fingerprint density at radius 2 is 2.15 bits per heavy atom. The zero-order valence-corrected chi connectivity index (χ0v) is 13.3. The number of carbonyl (C=O) groups excluding carboxylic acids is 1. The molecule has 1 N–H and O–H groups in total. The van der Waals surface area contributed by atoms with E-state index in [0.717, 1.165) is 0 Å². The van der Waals surface area contributed by atoms with Crippen LogP contribution in [0.3, 0.4) is 0 Å². The van der Waals surface area contributed by atoms with E-state index in [0.29, 0.717) is 23.0 Å². The van der Waals surface area contributed by atoms with Crippen molar-refractivity contribution < 1.29 is 13.9 Å². The molecule has 0 saturated heterocycles. The van der Waals surface area contributed by atoms with Crippen LogP contribution in [-0.4, -0.2) is 18.2 Å². The number of hydrogen-bond acceptors (Lipinski definition) is 2. The van der Waals surface area contributed by atoms with E-state index in [1.807, 2.05) is 0 Å². The maximum Gasteiger partial charge on any atom is 0.407 e. The molecule has 1 aromatic carbocycles. The molecule has 0 spiro atoms. The van der Waals surface area contributed by atoms with Gasteiger partial charge in [-0.15, -0.1) is 0 Å². The third-order valence-electron chi connectivity index (χ3n) is 2.07. The molecule has 0 aliphatic heterocycles. The van der Waals surface area contributed by atoms with E-state index in [-0.39, 0.29) is 5.82 Å². The minimum Gasteiger partial charge on any atom is -0.444 e. The summed E-state index contributed by atoms with van der Waals surface area (Å²) in [5.41, 5.74) is -0.179. The van der Waals surface area contributed by atoms with Crippen molar-refractivity contribution in [1.82, 2.24) is 5.32 Å². The van der Waals surface area contributed by atoms with E-state index in [4.69, 9.17) is 4.74 Å². The first-order valence-electron chi connectivity index (χ1n) is 6.19. The van der Waals surface area contributed by atoms with E-state index in [9.17, 15) is 9.18 Å². The van der Waals surface area contributed by atoms with Gasteiger partial charge in [-0.2, -0.15) is 0 Å². The average Bonchev–Trinajstić information content (AvgIpc) is 2.28. The van der Waals surface area contributed by atoms with E-state index in [1.54, 1.807) is 32.9 Å². The van der Waals surface area contributed by atoms with Crippen LogP contribution in [-0.2, 0) is 4.74 Å². The van der Waals surface area contributed by atoms with Crippen molar-refractivity contribution in [2.75, 3.05) is 6.54 Å². The molecular weight excluding hydrogens is 325 g/mol. The molecule has 0 fully saturated rings. The van der Waals surface area contributed by atoms with E-state index >= 15 is 0 Å². The van der Waals surface area contributed by atoms with Gasteiger partial charge in [-0.1, -0.05) is 27.8 Å². The van der Waals surface area contributed by atoms with Crippen LogP contribution >= 0.6 is 15.9 Å². The lowest BCUT2D eigenvalue weighted by Crippen LogP contribution is -2.32. The molecular formula is C15H17BrFNO2. The summed E-state index contributed by atoms with van der Waals surface area (Å²) in [6, 6.07) is 4.70. The molecule has 3 nitrogen and oxygen atoms in total. The van der Waals surface area contributed by atoms with Gasteiger partial charge in [-0.25, -0.2) is 9.18 Å². The third kappa shape index (κ3) is 6.58. The molecule has 20 heavy (non-hydrogen) atoms. The highest BCUT2D eigenvalue weighted by molar-refractivity contribution is 9.10. The summed E-state index contributed by atoms with van der Waals surface area (Å²) in [5, 5.41) is 2.58. The fraction of sp³-hybridized carbons (Fsp3) is 0.400. The standard InChI is InChI=1S/C15H17BrFNO2/c1-15(2,3)20-14(19)18-9-5-4-6-11-7-8-12(16)10-13(11)17/h7-8,10H,5,9H2,1-3H3,(H,18,19). The molecule has 5 heteroatoms. The molecule has 0 radical (unpaired) electrons. The van der Waals surface area contributed by atoms with Crippen LogP contribution in [0.1, 0.15) is 32.8 Å². The molecule has 1 rings (SSSR count). The lowest BCUT2D eigenvalue weighted by molar-refractivity contribution is 0.0529. The van der Waals surface area contributed by atoms with Gasteiger partial charge in [-0.05, 0) is 39.0 Å². The van der Waals surface area contributed by atoms with Gasteiger partial charge in [0.15, 0.2) is 0 Å². The van der Waals surface area contributed by atoms with Gasteiger partial charge in [0.25, 0.3) is 0 Å². The second-order valence-corrected chi connectivity index (χ2v) is 6.02. The maximum absolute atomic E-state index is 13.5. The second-order valence-electron chi connectivity index (χ2n) is 5.10. The first-order chi connectivity index (χ1) is 9.28. The van der Waals surface area contributed by atoms with Crippen molar-refractivity contribution >= 4 is 22.0 Å². The third-order valence-corrected chi connectivity index (χ3v) is 2.57. The number of rotatable bonds is 2. The molecule has 0 unspecified atom stereocenters. The fourth-order valence-electron chi connectivity index (χ4n) is 1.29. The van der Waals surface area contributed by atoms with Crippen LogP contribution in [0.5, 0.6) is 0 Å². The normalized spacial score (nSPS) is 10.4. The van der Waals surface area contributed by atoms with Crippen molar-refractivity contribution in [1.29, 1.82) is 0 Å². The number of halogens is 2. The summed E-state index contributed by atoms with van der Waals surface area (Å²) < 4.78 is 19.2. The highest BCUT2D eigenvalue weighted by Gasteiger charge is 2.15. The minimum atomic E-state index is -0.518. The Labute approximate surface area is 127 Å². The van der Waals surface area contributed by atoms with E-state index < -0.39 is 11.7 Å². The molecule has 0 atom stereocenters. The Balaban J connectivity index is 2.38. The van der Waals surface area contributed by atoms with Gasteiger partial charge in [0.1, 0.15) is 11.4 Å². The Kier molecular flexibility index (Phi) is 6.03. The van der Waals surface area contributed by atoms with Gasteiger partial charge in [0, 0.05) is 17.4 Å². The summed E-state index contributed by atoms with van der Waals surface area (Å²) in [4.78, 5) is 11.3. The van der Waals surface area contributed by atoms with Gasteiger partial charge >= 0.3 is 6.09 Å². The lowest BCUT2D eigenvalue weighted by atomic mass is 10.2. The molecule has 0 bridgehead atoms. The van der Waals surface area contributed by atoms with Crippen molar-refractivity contribution in [3.63, 3.8) is 0 Å². The van der Waals surface area contributed by atoms with Crippen LogP contribution in [0.4, 0.5) is 9.18 Å². The number of alkyl carbamates (subject to hydrolysis) is 1. The summed E-state index contributed by atoms with van der Waals surface area (Å²) in [6.45, 7) is 5.74. The topological polar surface area (TPSA) is 38.3 Å². The quantitative estimate of drug-likeness (QED) is 0.655. The van der Waals surface area contributed by atoms with Crippen LogP contribution in [0, 0.1) is 17.7 Å². The predicted molar refractivity (Wildman–Crippen MR) is 79.8 cm³/mol. The van der Waals surface area contributed by atoms with Gasteiger partial charge in [0.2, 0.25) is 0 Å². The van der Waals surface area contributed by atoms with Crippen LogP contribution in [0.2, 0.25) is 0 Å². The number of hydrogen-bond donors (Lipinski definition) is 1. The number of ether oxygens (including phenoxy) is 1. The smallest absolute Gasteiger partial charge is 0.407 e. The molecule has 1 aromatic rings. The highest BCUT2D eigenvalue weighted by Crippen LogP contribution is 2.14. The molecule has 1 amide bonds. The second kappa shape index (κ2) is 7.30. The highest BCUT2D eigenvalue weighted by atomic mass is 79.9.